The van der Waals surface area contributed by atoms with Gasteiger partial charge in [0.15, 0.2) is 0 Å². The Morgan fingerprint density at radius 3 is 2.59 bits per heavy atom. The molecule has 2 aromatic carbocycles. The van der Waals surface area contributed by atoms with E-state index in [0.717, 1.165) is 42.1 Å². The van der Waals surface area contributed by atoms with Crippen LogP contribution in [0.4, 0.5) is 0 Å². The van der Waals surface area contributed by atoms with Crippen LogP contribution < -0.4 is 20.3 Å². The molecule has 0 unspecified atom stereocenters. The fourth-order valence-electron chi connectivity index (χ4n) is 5.20. The highest BCUT2D eigenvalue weighted by Crippen LogP contribution is 2.33. The lowest BCUT2D eigenvalue weighted by Crippen LogP contribution is -2.29. The molecule has 0 aliphatic heterocycles. The number of rotatable bonds is 6. The van der Waals surface area contributed by atoms with Gasteiger partial charge in [-0.3, -0.25) is 9.59 Å². The van der Waals surface area contributed by atoms with Crippen molar-refractivity contribution in [2.75, 3.05) is 14.2 Å². The first-order valence-electron chi connectivity index (χ1n) is 11.6. The van der Waals surface area contributed by atoms with Gasteiger partial charge >= 0.3 is 0 Å². The monoisotopic (exact) mass is 459 g/mol. The van der Waals surface area contributed by atoms with Gasteiger partial charge in [0, 0.05) is 53.8 Å². The lowest BCUT2D eigenvalue weighted by atomic mass is 10.1. The third-order valence-corrected chi connectivity index (χ3v) is 6.98. The number of hydrogen-bond donors (Lipinski definition) is 1. The molecule has 0 bridgehead atoms. The third kappa shape index (κ3) is 3.61. The average Bonchev–Trinajstić information content (AvgIpc) is 3.50. The molecule has 2 aromatic heterocycles. The van der Waals surface area contributed by atoms with Crippen LogP contribution in [0, 0.1) is 0 Å². The molecule has 1 aliphatic rings. The minimum Gasteiger partial charge on any atom is -0.497 e. The van der Waals surface area contributed by atoms with Crippen LogP contribution in [-0.4, -0.2) is 29.3 Å². The summed E-state index contributed by atoms with van der Waals surface area (Å²) in [5.74, 6) is 1.12. The quantitative estimate of drug-likeness (QED) is 0.459. The first-order chi connectivity index (χ1) is 16.5. The van der Waals surface area contributed by atoms with Crippen molar-refractivity contribution in [2.45, 2.75) is 38.3 Å². The molecule has 34 heavy (non-hydrogen) atoms. The van der Waals surface area contributed by atoms with E-state index in [2.05, 4.69) is 5.32 Å². The first-order valence-corrected chi connectivity index (χ1v) is 11.6. The summed E-state index contributed by atoms with van der Waals surface area (Å²) in [6.07, 6.45) is 5.89. The molecule has 7 nitrogen and oxygen atoms in total. The summed E-state index contributed by atoms with van der Waals surface area (Å²) in [7, 11) is 5.09. The van der Waals surface area contributed by atoms with Crippen LogP contribution in [0.15, 0.2) is 53.5 Å². The molecule has 0 radical (unpaired) electrons. The number of carbonyl (C=O) groups is 1. The second-order valence-corrected chi connectivity index (χ2v) is 8.85. The second kappa shape index (κ2) is 8.89. The molecule has 2 heterocycles. The molecular weight excluding hydrogens is 430 g/mol. The van der Waals surface area contributed by atoms with Crippen LogP contribution in [0.5, 0.6) is 11.5 Å². The lowest BCUT2D eigenvalue weighted by Gasteiger charge is -2.17. The molecule has 1 saturated carbocycles. The number of amides is 1. The molecule has 7 heteroatoms. The van der Waals surface area contributed by atoms with Crippen LogP contribution in [-0.2, 0) is 13.6 Å². The number of para-hydroxylation sites is 1. The summed E-state index contributed by atoms with van der Waals surface area (Å²) in [6, 6.07) is 13.5. The van der Waals surface area contributed by atoms with Crippen LogP contribution in [0.25, 0.3) is 21.8 Å². The zero-order chi connectivity index (χ0) is 23.8. The van der Waals surface area contributed by atoms with E-state index in [1.807, 2.05) is 48.0 Å². The normalized spacial score (nSPS) is 14.1. The Hall–Kier alpha value is -3.74. The molecule has 5 rings (SSSR count). The number of hydrogen-bond acceptors (Lipinski definition) is 4. The van der Waals surface area contributed by atoms with E-state index in [1.54, 1.807) is 31.0 Å². The standard InChI is InChI=1S/C27H29N3O4/c1-29-22-11-7-6-10-20(22)24-21(16-30(27(32)25(24)29)18-8-4-5-9-18)26(31)28-15-17-12-13-19(33-2)14-23(17)34-3/h6-7,10-14,16,18H,4-5,8-9,15H2,1-3H3,(H,28,31). The van der Waals surface area contributed by atoms with E-state index < -0.39 is 0 Å². The lowest BCUT2D eigenvalue weighted by molar-refractivity contribution is 0.0951. The SMILES string of the molecule is COc1ccc(CNC(=O)c2cn(C3CCCC3)c(=O)c3c2c2ccccc2n3C)c(OC)c1. The Labute approximate surface area is 197 Å². The molecule has 0 atom stereocenters. The van der Waals surface area contributed by atoms with E-state index >= 15 is 0 Å². The Morgan fingerprint density at radius 1 is 1.09 bits per heavy atom. The number of aryl methyl sites for hydroxylation is 1. The van der Waals surface area contributed by atoms with Crippen LogP contribution >= 0.6 is 0 Å². The van der Waals surface area contributed by atoms with E-state index in [9.17, 15) is 9.59 Å². The number of ether oxygens (including phenoxy) is 2. The molecule has 176 valence electrons. The molecule has 0 spiro atoms. The van der Waals surface area contributed by atoms with Gasteiger partial charge in [-0.05, 0) is 31.0 Å². The fraction of sp³-hybridized carbons (Fsp3) is 0.333. The number of nitrogens with one attached hydrogen (secondary N) is 1. The Bertz CT molecular complexity index is 1440. The van der Waals surface area contributed by atoms with E-state index in [1.165, 1.54) is 0 Å². The molecule has 1 aliphatic carbocycles. The first kappa shape index (κ1) is 22.1. The number of pyridine rings is 1. The van der Waals surface area contributed by atoms with Crippen molar-refractivity contribution in [1.82, 2.24) is 14.5 Å². The highest BCUT2D eigenvalue weighted by molar-refractivity contribution is 6.17. The number of aromatic nitrogens is 2. The van der Waals surface area contributed by atoms with Gasteiger partial charge in [-0.15, -0.1) is 0 Å². The summed E-state index contributed by atoms with van der Waals surface area (Å²) in [5, 5.41) is 4.66. The fourth-order valence-corrected chi connectivity index (χ4v) is 5.20. The number of methoxy groups -OCH3 is 2. The highest BCUT2D eigenvalue weighted by Gasteiger charge is 2.25. The molecular formula is C27H29N3O4. The van der Waals surface area contributed by atoms with Gasteiger partial charge in [0.1, 0.15) is 17.0 Å². The van der Waals surface area contributed by atoms with Gasteiger partial charge < -0.3 is 23.9 Å². The van der Waals surface area contributed by atoms with Gasteiger partial charge in [0.05, 0.1) is 19.8 Å². The van der Waals surface area contributed by atoms with E-state index in [0.29, 0.717) is 34.5 Å². The smallest absolute Gasteiger partial charge is 0.275 e. The van der Waals surface area contributed by atoms with Crippen molar-refractivity contribution < 1.29 is 14.3 Å². The van der Waals surface area contributed by atoms with Gasteiger partial charge in [0.25, 0.3) is 11.5 Å². The van der Waals surface area contributed by atoms with Gasteiger partial charge in [-0.2, -0.15) is 0 Å². The predicted octanol–water partition coefficient (Wildman–Crippen LogP) is 4.56. The summed E-state index contributed by atoms with van der Waals surface area (Å²) in [6.45, 7) is 0.292. The summed E-state index contributed by atoms with van der Waals surface area (Å²) >= 11 is 0. The highest BCUT2D eigenvalue weighted by atomic mass is 16.5. The second-order valence-electron chi connectivity index (χ2n) is 8.85. The predicted molar refractivity (Wildman–Crippen MR) is 133 cm³/mol. The van der Waals surface area contributed by atoms with E-state index in [-0.39, 0.29) is 17.5 Å². The zero-order valence-corrected chi connectivity index (χ0v) is 19.8. The Morgan fingerprint density at radius 2 is 1.85 bits per heavy atom. The van der Waals surface area contributed by atoms with Crippen molar-refractivity contribution in [3.63, 3.8) is 0 Å². The zero-order valence-electron chi connectivity index (χ0n) is 19.8. The van der Waals surface area contributed by atoms with E-state index in [4.69, 9.17) is 9.47 Å². The van der Waals surface area contributed by atoms with Gasteiger partial charge in [0.2, 0.25) is 0 Å². The van der Waals surface area contributed by atoms with Crippen molar-refractivity contribution in [2.24, 2.45) is 7.05 Å². The van der Waals surface area contributed by atoms with Crippen molar-refractivity contribution in [3.8, 4) is 11.5 Å². The molecule has 0 saturated heterocycles. The van der Waals surface area contributed by atoms with Crippen LogP contribution in [0.3, 0.4) is 0 Å². The largest absolute Gasteiger partial charge is 0.497 e. The topological polar surface area (TPSA) is 74.5 Å². The minimum absolute atomic E-state index is 0.0334. The molecule has 4 aromatic rings. The molecule has 1 amide bonds. The maximum atomic E-state index is 13.6. The maximum Gasteiger partial charge on any atom is 0.275 e. The van der Waals surface area contributed by atoms with Crippen LogP contribution in [0.2, 0.25) is 0 Å². The number of nitrogens with zero attached hydrogens (tertiary/aromatic N) is 2. The van der Waals surface area contributed by atoms with Gasteiger partial charge in [-0.1, -0.05) is 31.0 Å². The number of carbonyl (C=O) groups excluding carboxylic acids is 1. The molecule has 1 fully saturated rings. The van der Waals surface area contributed by atoms with Gasteiger partial charge in [-0.25, -0.2) is 0 Å². The Balaban J connectivity index is 1.61. The maximum absolute atomic E-state index is 13.6. The van der Waals surface area contributed by atoms with Crippen molar-refractivity contribution in [1.29, 1.82) is 0 Å². The van der Waals surface area contributed by atoms with Crippen LogP contribution in [0.1, 0.15) is 47.6 Å². The minimum atomic E-state index is -0.217. The number of fused-ring (bicyclic) bond motifs is 3. The average molecular weight is 460 g/mol. The number of benzene rings is 2. The van der Waals surface area contributed by atoms with Crippen molar-refractivity contribution in [3.05, 3.63) is 70.1 Å². The Kier molecular flexibility index (Phi) is 5.77. The summed E-state index contributed by atoms with van der Waals surface area (Å²) < 4.78 is 14.5. The third-order valence-electron chi connectivity index (χ3n) is 6.98. The summed E-state index contributed by atoms with van der Waals surface area (Å²) in [4.78, 5) is 27.2. The summed E-state index contributed by atoms with van der Waals surface area (Å²) in [5.41, 5.74) is 2.84. The van der Waals surface area contributed by atoms with Crippen molar-refractivity contribution >= 4 is 27.7 Å². The molecule has 1 N–H and O–H groups in total.